The first-order chi connectivity index (χ1) is 16.0. The summed E-state index contributed by atoms with van der Waals surface area (Å²) in [4.78, 5) is 24.0. The standard InChI is InChI=1S/C31H32O2/c1-3-31-27(17-18-30(33)21-23-9-12-25(13-10-23)22(2)32)15-16-29(31)20-24-11-14-28(19-24)26-7-5-4-6-8-26/h4-16,19,24,31H,3,17-18,20-21H2,1-2H3. The van der Waals surface area contributed by atoms with Crippen LogP contribution in [0.4, 0.5) is 0 Å². The van der Waals surface area contributed by atoms with Crippen LogP contribution in [0.15, 0.2) is 96.1 Å². The van der Waals surface area contributed by atoms with Gasteiger partial charge in [-0.15, -0.1) is 0 Å². The van der Waals surface area contributed by atoms with Gasteiger partial charge in [-0.05, 0) is 48.8 Å². The highest BCUT2D eigenvalue weighted by molar-refractivity contribution is 5.94. The second kappa shape index (κ2) is 10.6. The molecular weight excluding hydrogens is 404 g/mol. The molecule has 0 spiro atoms. The Morgan fingerprint density at radius 1 is 0.909 bits per heavy atom. The molecule has 4 rings (SSSR count). The van der Waals surface area contributed by atoms with Gasteiger partial charge in [-0.1, -0.05) is 103 Å². The summed E-state index contributed by atoms with van der Waals surface area (Å²) in [5.41, 5.74) is 7.13. The van der Waals surface area contributed by atoms with Gasteiger partial charge in [-0.25, -0.2) is 0 Å². The Morgan fingerprint density at radius 2 is 1.64 bits per heavy atom. The Hall–Kier alpha value is -3.26. The van der Waals surface area contributed by atoms with Gasteiger partial charge in [0.05, 0.1) is 0 Å². The van der Waals surface area contributed by atoms with Crippen molar-refractivity contribution in [3.63, 3.8) is 0 Å². The van der Waals surface area contributed by atoms with Crippen LogP contribution in [0.2, 0.25) is 0 Å². The van der Waals surface area contributed by atoms with Crippen LogP contribution in [-0.2, 0) is 11.2 Å². The third kappa shape index (κ3) is 5.76. The van der Waals surface area contributed by atoms with Gasteiger partial charge in [0.15, 0.2) is 5.78 Å². The molecule has 2 aromatic carbocycles. The van der Waals surface area contributed by atoms with Crippen molar-refractivity contribution in [1.29, 1.82) is 0 Å². The monoisotopic (exact) mass is 436 g/mol. The number of allylic oxidation sites excluding steroid dienone is 8. The lowest BCUT2D eigenvalue weighted by Gasteiger charge is -2.19. The summed E-state index contributed by atoms with van der Waals surface area (Å²) in [6.45, 7) is 3.80. The molecule has 2 aliphatic rings. The van der Waals surface area contributed by atoms with Crippen molar-refractivity contribution in [2.45, 2.75) is 46.0 Å². The molecule has 0 heterocycles. The van der Waals surface area contributed by atoms with E-state index >= 15 is 0 Å². The first kappa shape index (κ1) is 22.9. The van der Waals surface area contributed by atoms with Crippen LogP contribution in [0.5, 0.6) is 0 Å². The van der Waals surface area contributed by atoms with Crippen LogP contribution in [0, 0.1) is 11.8 Å². The fourth-order valence-corrected chi connectivity index (χ4v) is 4.93. The fourth-order valence-electron chi connectivity index (χ4n) is 4.93. The predicted octanol–water partition coefficient (Wildman–Crippen LogP) is 7.33. The zero-order valence-corrected chi connectivity index (χ0v) is 19.6. The van der Waals surface area contributed by atoms with Crippen LogP contribution in [0.3, 0.4) is 0 Å². The summed E-state index contributed by atoms with van der Waals surface area (Å²) in [6.07, 6.45) is 15.4. The lowest BCUT2D eigenvalue weighted by molar-refractivity contribution is -0.118. The SMILES string of the molecule is CCC1C(CCC(=O)Cc2ccc(C(C)=O)cc2)=CC=C1CC1C=CC(c2ccccc2)=C1. The number of hydrogen-bond acceptors (Lipinski definition) is 2. The van der Waals surface area contributed by atoms with Gasteiger partial charge >= 0.3 is 0 Å². The molecule has 2 atom stereocenters. The topological polar surface area (TPSA) is 34.1 Å². The van der Waals surface area contributed by atoms with E-state index in [1.807, 2.05) is 24.3 Å². The molecule has 0 saturated heterocycles. The Kier molecular flexibility index (Phi) is 7.34. The predicted molar refractivity (Wildman–Crippen MR) is 136 cm³/mol. The minimum Gasteiger partial charge on any atom is -0.299 e. The molecule has 0 saturated carbocycles. The molecule has 0 aliphatic heterocycles. The van der Waals surface area contributed by atoms with Crippen molar-refractivity contribution in [2.75, 3.05) is 0 Å². The highest BCUT2D eigenvalue weighted by atomic mass is 16.1. The normalized spacial score (nSPS) is 19.3. The molecular formula is C31H32O2. The molecule has 2 aliphatic carbocycles. The molecule has 0 aromatic heterocycles. The number of benzene rings is 2. The van der Waals surface area contributed by atoms with E-state index in [4.69, 9.17) is 0 Å². The van der Waals surface area contributed by atoms with E-state index in [0.717, 1.165) is 24.8 Å². The van der Waals surface area contributed by atoms with Gasteiger partial charge in [-0.2, -0.15) is 0 Å². The summed E-state index contributed by atoms with van der Waals surface area (Å²) < 4.78 is 0. The molecule has 0 N–H and O–H groups in total. The number of Topliss-reactive ketones (excluding diaryl/α,β-unsaturated/α-hetero) is 2. The highest BCUT2D eigenvalue weighted by Crippen LogP contribution is 2.38. The van der Waals surface area contributed by atoms with Crippen molar-refractivity contribution in [1.82, 2.24) is 0 Å². The van der Waals surface area contributed by atoms with Crippen LogP contribution >= 0.6 is 0 Å². The Labute approximate surface area is 197 Å². The molecule has 0 amide bonds. The van der Waals surface area contributed by atoms with Crippen molar-refractivity contribution in [2.24, 2.45) is 11.8 Å². The van der Waals surface area contributed by atoms with E-state index in [-0.39, 0.29) is 11.6 Å². The molecule has 2 heteroatoms. The second-order valence-electron chi connectivity index (χ2n) is 9.13. The average Bonchev–Trinajstić information content (AvgIpc) is 3.45. The van der Waals surface area contributed by atoms with E-state index in [9.17, 15) is 9.59 Å². The first-order valence-corrected chi connectivity index (χ1v) is 12.0. The highest BCUT2D eigenvalue weighted by Gasteiger charge is 2.24. The Morgan fingerprint density at radius 3 is 2.33 bits per heavy atom. The molecule has 2 unspecified atom stereocenters. The van der Waals surface area contributed by atoms with E-state index in [1.165, 1.54) is 22.3 Å². The third-order valence-corrected chi connectivity index (χ3v) is 6.76. The van der Waals surface area contributed by atoms with Gasteiger partial charge in [0.2, 0.25) is 0 Å². The second-order valence-corrected chi connectivity index (χ2v) is 9.13. The number of hydrogen-bond donors (Lipinski definition) is 0. The van der Waals surface area contributed by atoms with Crippen LogP contribution in [-0.4, -0.2) is 11.6 Å². The smallest absolute Gasteiger partial charge is 0.159 e. The average molecular weight is 437 g/mol. The van der Waals surface area contributed by atoms with Gasteiger partial charge < -0.3 is 0 Å². The van der Waals surface area contributed by atoms with E-state index < -0.39 is 0 Å². The summed E-state index contributed by atoms with van der Waals surface area (Å²) in [7, 11) is 0. The number of carbonyl (C=O) groups excluding carboxylic acids is 2. The Bertz CT molecular complexity index is 1130. The molecule has 2 aromatic rings. The van der Waals surface area contributed by atoms with Crippen molar-refractivity contribution >= 4 is 17.1 Å². The minimum atomic E-state index is 0.0508. The zero-order valence-electron chi connectivity index (χ0n) is 19.6. The van der Waals surface area contributed by atoms with Gasteiger partial charge in [0.1, 0.15) is 5.78 Å². The molecule has 0 bridgehead atoms. The summed E-state index contributed by atoms with van der Waals surface area (Å²) in [6, 6.07) is 18.0. The summed E-state index contributed by atoms with van der Waals surface area (Å²) >= 11 is 0. The number of rotatable bonds is 10. The summed E-state index contributed by atoms with van der Waals surface area (Å²) in [5.74, 6) is 1.20. The molecule has 0 fully saturated rings. The molecule has 168 valence electrons. The maximum Gasteiger partial charge on any atom is 0.159 e. The van der Waals surface area contributed by atoms with Gasteiger partial charge in [0.25, 0.3) is 0 Å². The molecule has 2 nitrogen and oxygen atoms in total. The largest absolute Gasteiger partial charge is 0.299 e. The van der Waals surface area contributed by atoms with Crippen LogP contribution in [0.25, 0.3) is 5.57 Å². The summed E-state index contributed by atoms with van der Waals surface area (Å²) in [5, 5.41) is 0. The van der Waals surface area contributed by atoms with Crippen molar-refractivity contribution < 1.29 is 9.59 Å². The third-order valence-electron chi connectivity index (χ3n) is 6.76. The van der Waals surface area contributed by atoms with Crippen molar-refractivity contribution in [3.05, 3.63) is 113 Å². The van der Waals surface area contributed by atoms with Gasteiger partial charge in [-0.3, -0.25) is 9.59 Å². The maximum absolute atomic E-state index is 12.6. The first-order valence-electron chi connectivity index (χ1n) is 12.0. The molecule has 0 radical (unpaired) electrons. The maximum atomic E-state index is 12.6. The fraction of sp³-hybridized carbons (Fsp3) is 0.290. The lowest BCUT2D eigenvalue weighted by atomic mass is 9.85. The minimum absolute atomic E-state index is 0.0508. The number of ketones is 2. The van der Waals surface area contributed by atoms with E-state index in [1.54, 1.807) is 6.92 Å². The van der Waals surface area contributed by atoms with Crippen molar-refractivity contribution in [3.8, 4) is 0 Å². The molecule has 33 heavy (non-hydrogen) atoms. The quantitative estimate of drug-likeness (QED) is 0.365. The van der Waals surface area contributed by atoms with Gasteiger partial charge in [0, 0.05) is 24.3 Å². The van der Waals surface area contributed by atoms with Crippen LogP contribution in [0.1, 0.15) is 61.0 Å². The number of carbonyl (C=O) groups is 2. The van der Waals surface area contributed by atoms with Crippen LogP contribution < -0.4 is 0 Å². The van der Waals surface area contributed by atoms with E-state index in [0.29, 0.717) is 30.2 Å². The van der Waals surface area contributed by atoms with E-state index in [2.05, 4.69) is 67.6 Å². The Balaban J connectivity index is 1.28. The zero-order chi connectivity index (χ0) is 23.2. The lowest BCUT2D eigenvalue weighted by Crippen LogP contribution is -2.09.